The molecule has 0 spiro atoms. The van der Waals surface area contributed by atoms with E-state index < -0.39 is 0 Å². The van der Waals surface area contributed by atoms with Crippen LogP contribution in [0.5, 0.6) is 0 Å². The molecule has 0 amide bonds. The van der Waals surface area contributed by atoms with Crippen LogP contribution in [0.15, 0.2) is 24.3 Å². The van der Waals surface area contributed by atoms with E-state index in [-0.39, 0.29) is 12.1 Å². The molecule has 4 heteroatoms. The monoisotopic (exact) mass is 272 g/mol. The van der Waals surface area contributed by atoms with E-state index >= 15 is 0 Å². The van der Waals surface area contributed by atoms with Crippen molar-refractivity contribution in [3.05, 3.63) is 47.0 Å². The van der Waals surface area contributed by atoms with Crippen LogP contribution in [0, 0.1) is 6.92 Å². The first-order valence-electron chi connectivity index (χ1n) is 7.33. The number of hydrogen-bond acceptors (Lipinski definition) is 3. The summed E-state index contributed by atoms with van der Waals surface area (Å²) in [7, 11) is 0. The molecule has 1 aromatic carbocycles. The van der Waals surface area contributed by atoms with Gasteiger partial charge in [0.2, 0.25) is 0 Å². The van der Waals surface area contributed by atoms with Gasteiger partial charge in [0.25, 0.3) is 0 Å². The van der Waals surface area contributed by atoms with Gasteiger partial charge in [-0.2, -0.15) is 5.10 Å². The molecule has 0 aliphatic carbocycles. The van der Waals surface area contributed by atoms with Gasteiger partial charge in [0.1, 0.15) is 5.82 Å². The van der Waals surface area contributed by atoms with Gasteiger partial charge >= 0.3 is 0 Å². The lowest BCUT2D eigenvalue weighted by Gasteiger charge is -2.22. The summed E-state index contributed by atoms with van der Waals surface area (Å²) in [4.78, 5) is 4.55. The Labute approximate surface area is 121 Å². The third kappa shape index (κ3) is 2.90. The summed E-state index contributed by atoms with van der Waals surface area (Å²) in [5.41, 5.74) is 8.79. The molecule has 0 saturated heterocycles. The number of rotatable bonds is 5. The SMILES string of the molecule is CCc1nc(CC)n(C(C)C(N)c2ccc(C)cc2)n1. The van der Waals surface area contributed by atoms with Crippen LogP contribution in [0.2, 0.25) is 0 Å². The highest BCUT2D eigenvalue weighted by atomic mass is 15.4. The fraction of sp³-hybridized carbons (Fsp3) is 0.500. The molecule has 0 aliphatic rings. The highest BCUT2D eigenvalue weighted by Crippen LogP contribution is 2.24. The summed E-state index contributed by atoms with van der Waals surface area (Å²) in [5, 5.41) is 4.59. The zero-order valence-corrected chi connectivity index (χ0v) is 12.8. The van der Waals surface area contributed by atoms with Crippen molar-refractivity contribution in [3.63, 3.8) is 0 Å². The second-order valence-electron chi connectivity index (χ2n) is 5.27. The van der Waals surface area contributed by atoms with Gasteiger partial charge in [0.15, 0.2) is 5.82 Å². The summed E-state index contributed by atoms with van der Waals surface area (Å²) < 4.78 is 1.99. The van der Waals surface area contributed by atoms with Gasteiger partial charge in [-0.05, 0) is 19.4 Å². The number of hydrogen-bond donors (Lipinski definition) is 1. The zero-order chi connectivity index (χ0) is 14.7. The Hall–Kier alpha value is -1.68. The van der Waals surface area contributed by atoms with Crippen molar-refractivity contribution in [2.75, 3.05) is 0 Å². The molecule has 1 aromatic heterocycles. The number of aromatic nitrogens is 3. The lowest BCUT2D eigenvalue weighted by molar-refractivity contribution is 0.399. The predicted octanol–water partition coefficient (Wildman–Crippen LogP) is 2.97. The van der Waals surface area contributed by atoms with Crippen LogP contribution in [0.3, 0.4) is 0 Å². The standard InChI is InChI=1S/C16H24N4/c1-5-14-18-15(6-2)20(19-14)12(4)16(17)13-9-7-11(3)8-10-13/h7-10,12,16H,5-6,17H2,1-4H3. The molecule has 1 heterocycles. The van der Waals surface area contributed by atoms with Crippen molar-refractivity contribution >= 4 is 0 Å². The van der Waals surface area contributed by atoms with E-state index in [1.54, 1.807) is 0 Å². The van der Waals surface area contributed by atoms with Crippen LogP contribution in [-0.4, -0.2) is 14.8 Å². The Morgan fingerprint density at radius 2 is 1.80 bits per heavy atom. The third-order valence-corrected chi connectivity index (χ3v) is 3.75. The fourth-order valence-electron chi connectivity index (χ4n) is 2.34. The maximum Gasteiger partial charge on any atom is 0.150 e. The highest BCUT2D eigenvalue weighted by Gasteiger charge is 2.20. The Balaban J connectivity index is 2.27. The minimum absolute atomic E-state index is 0.0766. The normalized spacial score (nSPS) is 14.2. The van der Waals surface area contributed by atoms with Crippen LogP contribution in [0.25, 0.3) is 0 Å². The third-order valence-electron chi connectivity index (χ3n) is 3.75. The molecule has 2 N–H and O–H groups in total. The van der Waals surface area contributed by atoms with E-state index in [4.69, 9.17) is 5.73 Å². The molecule has 2 rings (SSSR count). The molecule has 4 nitrogen and oxygen atoms in total. The first-order valence-corrected chi connectivity index (χ1v) is 7.33. The van der Waals surface area contributed by atoms with Crippen molar-refractivity contribution in [2.45, 2.75) is 52.6 Å². The van der Waals surface area contributed by atoms with Crippen LogP contribution >= 0.6 is 0 Å². The van der Waals surface area contributed by atoms with Crippen molar-refractivity contribution < 1.29 is 0 Å². The average molecular weight is 272 g/mol. The summed E-state index contributed by atoms with van der Waals surface area (Å²) in [6.45, 7) is 8.37. The maximum atomic E-state index is 6.41. The molecule has 108 valence electrons. The number of benzene rings is 1. The van der Waals surface area contributed by atoms with E-state index in [1.807, 2.05) is 4.68 Å². The molecule has 0 aliphatic heterocycles. The highest BCUT2D eigenvalue weighted by molar-refractivity contribution is 5.24. The Morgan fingerprint density at radius 3 is 2.35 bits per heavy atom. The molecule has 2 aromatic rings. The molecular formula is C16H24N4. The van der Waals surface area contributed by atoms with Gasteiger partial charge in [-0.3, -0.25) is 0 Å². The quantitative estimate of drug-likeness (QED) is 0.910. The van der Waals surface area contributed by atoms with Crippen LogP contribution in [0.1, 0.15) is 55.6 Å². The Bertz CT molecular complexity index is 556. The van der Waals surface area contributed by atoms with Crippen molar-refractivity contribution in [2.24, 2.45) is 5.73 Å². The minimum Gasteiger partial charge on any atom is -0.322 e. The number of nitrogens with zero attached hydrogens (tertiary/aromatic N) is 3. The van der Waals surface area contributed by atoms with Crippen LogP contribution in [0.4, 0.5) is 0 Å². The molecule has 2 atom stereocenters. The molecule has 2 unspecified atom stereocenters. The summed E-state index contributed by atoms with van der Waals surface area (Å²) >= 11 is 0. The number of aryl methyl sites for hydroxylation is 3. The Morgan fingerprint density at radius 1 is 1.15 bits per heavy atom. The van der Waals surface area contributed by atoms with Gasteiger partial charge in [-0.1, -0.05) is 43.7 Å². The lowest BCUT2D eigenvalue weighted by atomic mass is 10.0. The topological polar surface area (TPSA) is 56.7 Å². The first kappa shape index (κ1) is 14.7. The number of nitrogens with two attached hydrogens (primary N) is 1. The predicted molar refractivity (Wildman–Crippen MR) is 81.6 cm³/mol. The molecule has 0 radical (unpaired) electrons. The van der Waals surface area contributed by atoms with Crippen molar-refractivity contribution in [3.8, 4) is 0 Å². The second-order valence-corrected chi connectivity index (χ2v) is 5.27. The van der Waals surface area contributed by atoms with Gasteiger partial charge < -0.3 is 5.73 Å². The second kappa shape index (κ2) is 6.18. The van der Waals surface area contributed by atoms with E-state index in [1.165, 1.54) is 5.56 Å². The Kier molecular flexibility index (Phi) is 4.55. The molecule has 0 saturated carbocycles. The van der Waals surface area contributed by atoms with Crippen LogP contribution in [-0.2, 0) is 12.8 Å². The molecular weight excluding hydrogens is 248 g/mol. The van der Waals surface area contributed by atoms with Gasteiger partial charge in [-0.15, -0.1) is 0 Å². The summed E-state index contributed by atoms with van der Waals surface area (Å²) in [6, 6.07) is 8.41. The summed E-state index contributed by atoms with van der Waals surface area (Å²) in [5.74, 6) is 1.90. The zero-order valence-electron chi connectivity index (χ0n) is 12.8. The molecule has 20 heavy (non-hydrogen) atoms. The van der Waals surface area contributed by atoms with E-state index in [9.17, 15) is 0 Å². The molecule has 0 bridgehead atoms. The van der Waals surface area contributed by atoms with Crippen molar-refractivity contribution in [1.29, 1.82) is 0 Å². The first-order chi connectivity index (χ1) is 9.56. The maximum absolute atomic E-state index is 6.41. The lowest BCUT2D eigenvalue weighted by Crippen LogP contribution is -2.24. The largest absolute Gasteiger partial charge is 0.322 e. The van der Waals surface area contributed by atoms with Crippen LogP contribution < -0.4 is 5.73 Å². The average Bonchev–Trinajstić information content (AvgIpc) is 2.90. The minimum atomic E-state index is -0.0766. The van der Waals surface area contributed by atoms with E-state index in [0.717, 1.165) is 30.1 Å². The van der Waals surface area contributed by atoms with Gasteiger partial charge in [0.05, 0.1) is 12.1 Å². The van der Waals surface area contributed by atoms with Crippen molar-refractivity contribution in [1.82, 2.24) is 14.8 Å². The molecule has 0 fully saturated rings. The summed E-state index contributed by atoms with van der Waals surface area (Å²) in [6.07, 6.45) is 1.73. The van der Waals surface area contributed by atoms with Gasteiger partial charge in [-0.25, -0.2) is 9.67 Å². The van der Waals surface area contributed by atoms with E-state index in [2.05, 4.69) is 62.0 Å². The van der Waals surface area contributed by atoms with Gasteiger partial charge in [0, 0.05) is 12.8 Å². The smallest absolute Gasteiger partial charge is 0.150 e. The fourth-order valence-corrected chi connectivity index (χ4v) is 2.34. The van der Waals surface area contributed by atoms with E-state index in [0.29, 0.717) is 0 Å².